The molecule has 62 valence electrons. The van der Waals surface area contributed by atoms with E-state index in [0.29, 0.717) is 5.56 Å². The Balaban J connectivity index is 2.80. The van der Waals surface area contributed by atoms with Crippen molar-refractivity contribution >= 4 is 17.2 Å². The zero-order valence-electron chi connectivity index (χ0n) is 6.87. The molecule has 0 atom stereocenters. The molecule has 0 bridgehead atoms. The van der Waals surface area contributed by atoms with Gasteiger partial charge in [-0.15, -0.1) is 6.42 Å². The Morgan fingerprint density at radius 2 is 2.31 bits per heavy atom. The van der Waals surface area contributed by atoms with Crippen LogP contribution in [0.2, 0.25) is 0 Å². The molecule has 0 aliphatic rings. The Bertz CT molecular complexity index is 502. The molecule has 0 spiro atoms. The van der Waals surface area contributed by atoms with E-state index in [4.69, 9.17) is 6.42 Å². The summed E-state index contributed by atoms with van der Waals surface area (Å²) < 4.78 is 0. The molecule has 0 aliphatic heterocycles. The van der Waals surface area contributed by atoms with Gasteiger partial charge < -0.3 is 4.98 Å². The summed E-state index contributed by atoms with van der Waals surface area (Å²) in [5.74, 6) is 2.53. The van der Waals surface area contributed by atoms with Gasteiger partial charge in [-0.25, -0.2) is 0 Å². The van der Waals surface area contributed by atoms with E-state index in [2.05, 4.69) is 10.9 Å². The Kier molecular flexibility index (Phi) is 1.64. The second kappa shape index (κ2) is 2.80. The molecule has 2 rings (SSSR count). The van der Waals surface area contributed by atoms with Crippen molar-refractivity contribution in [3.63, 3.8) is 0 Å². The number of aromatic nitrogens is 1. The first-order valence-electron chi connectivity index (χ1n) is 3.88. The van der Waals surface area contributed by atoms with Gasteiger partial charge in [0.05, 0.1) is 0 Å². The van der Waals surface area contributed by atoms with E-state index in [1.54, 1.807) is 6.20 Å². The third kappa shape index (κ3) is 1.11. The van der Waals surface area contributed by atoms with Crippen LogP contribution in [0.25, 0.3) is 10.9 Å². The second-order valence-corrected chi connectivity index (χ2v) is 2.77. The zero-order chi connectivity index (χ0) is 9.26. The van der Waals surface area contributed by atoms with Crippen LogP contribution in [-0.4, -0.2) is 11.3 Å². The van der Waals surface area contributed by atoms with Crippen molar-refractivity contribution in [1.29, 1.82) is 0 Å². The van der Waals surface area contributed by atoms with Crippen molar-refractivity contribution < 1.29 is 4.79 Å². The summed E-state index contributed by atoms with van der Waals surface area (Å²) >= 11 is 0. The number of rotatable bonds is 1. The van der Waals surface area contributed by atoms with Gasteiger partial charge in [0.1, 0.15) is 0 Å². The number of aromatic amines is 1. The first kappa shape index (κ1) is 7.63. The number of nitrogens with one attached hydrogen (secondary N) is 1. The molecule has 2 heteroatoms. The smallest absolute Gasteiger partial charge is 0.152 e. The van der Waals surface area contributed by atoms with Gasteiger partial charge in [0.15, 0.2) is 6.29 Å². The summed E-state index contributed by atoms with van der Waals surface area (Å²) in [5, 5.41) is 0.880. The van der Waals surface area contributed by atoms with Gasteiger partial charge in [-0.1, -0.05) is 5.92 Å². The van der Waals surface area contributed by atoms with E-state index in [1.165, 1.54) is 0 Å². The lowest BCUT2D eigenvalue weighted by Crippen LogP contribution is -1.77. The predicted octanol–water partition coefficient (Wildman–Crippen LogP) is 1.96. The van der Waals surface area contributed by atoms with E-state index in [1.807, 2.05) is 18.2 Å². The highest BCUT2D eigenvalue weighted by Gasteiger charge is 2.01. The number of hydrogen-bond acceptors (Lipinski definition) is 1. The molecule has 13 heavy (non-hydrogen) atoms. The molecule has 0 aliphatic carbocycles. The molecule has 1 aromatic heterocycles. The Morgan fingerprint density at radius 1 is 1.46 bits per heavy atom. The summed E-state index contributed by atoms with van der Waals surface area (Å²) in [7, 11) is 0. The third-order valence-electron chi connectivity index (χ3n) is 2.01. The molecule has 0 saturated carbocycles. The highest BCUT2D eigenvalue weighted by molar-refractivity contribution is 5.97. The van der Waals surface area contributed by atoms with Crippen LogP contribution >= 0.6 is 0 Å². The topological polar surface area (TPSA) is 32.9 Å². The van der Waals surface area contributed by atoms with Crippen LogP contribution in [0.3, 0.4) is 0 Å². The van der Waals surface area contributed by atoms with Crippen LogP contribution in [-0.2, 0) is 0 Å². The van der Waals surface area contributed by atoms with Gasteiger partial charge in [-0.3, -0.25) is 4.79 Å². The Labute approximate surface area is 75.6 Å². The van der Waals surface area contributed by atoms with Crippen molar-refractivity contribution in [2.24, 2.45) is 0 Å². The van der Waals surface area contributed by atoms with Crippen molar-refractivity contribution in [3.05, 3.63) is 35.5 Å². The highest BCUT2D eigenvalue weighted by atomic mass is 16.1. The average Bonchev–Trinajstić information content (AvgIpc) is 2.59. The maximum absolute atomic E-state index is 10.6. The number of carbonyl (C=O) groups excluding carboxylic acids is 1. The maximum Gasteiger partial charge on any atom is 0.152 e. The van der Waals surface area contributed by atoms with E-state index in [0.717, 1.165) is 22.8 Å². The lowest BCUT2D eigenvalue weighted by atomic mass is 10.1. The fourth-order valence-corrected chi connectivity index (χ4v) is 1.33. The minimum absolute atomic E-state index is 0.645. The SMILES string of the molecule is C#Cc1ccc2[nH]cc(C=O)c2c1. The molecule has 0 radical (unpaired) electrons. The average molecular weight is 169 g/mol. The molecular formula is C11H7NO. The van der Waals surface area contributed by atoms with Crippen LogP contribution in [0, 0.1) is 12.3 Å². The lowest BCUT2D eigenvalue weighted by molar-refractivity contribution is 0.112. The first-order chi connectivity index (χ1) is 6.35. The van der Waals surface area contributed by atoms with Crippen LogP contribution in [0.5, 0.6) is 0 Å². The van der Waals surface area contributed by atoms with Crippen LogP contribution in [0.4, 0.5) is 0 Å². The van der Waals surface area contributed by atoms with Crippen molar-refractivity contribution in [3.8, 4) is 12.3 Å². The zero-order valence-corrected chi connectivity index (χ0v) is 6.87. The van der Waals surface area contributed by atoms with E-state index >= 15 is 0 Å². The number of H-pyrrole nitrogens is 1. The van der Waals surface area contributed by atoms with E-state index in [-0.39, 0.29) is 0 Å². The number of hydrogen-bond donors (Lipinski definition) is 1. The van der Waals surface area contributed by atoms with Gasteiger partial charge in [-0.2, -0.15) is 0 Å². The molecule has 0 amide bonds. The predicted molar refractivity (Wildman–Crippen MR) is 51.6 cm³/mol. The monoisotopic (exact) mass is 169 g/mol. The standard InChI is InChI=1S/C11H7NO/c1-2-8-3-4-11-10(5-8)9(7-13)6-12-11/h1,3-7,12H. The molecular weight excluding hydrogens is 162 g/mol. The fraction of sp³-hybridized carbons (Fsp3) is 0. The van der Waals surface area contributed by atoms with E-state index in [9.17, 15) is 4.79 Å². The molecule has 2 aromatic rings. The van der Waals surface area contributed by atoms with Gasteiger partial charge in [0.2, 0.25) is 0 Å². The number of aldehydes is 1. The van der Waals surface area contributed by atoms with E-state index < -0.39 is 0 Å². The number of carbonyl (C=O) groups is 1. The number of terminal acetylenes is 1. The quantitative estimate of drug-likeness (QED) is 0.513. The Hall–Kier alpha value is -2.01. The maximum atomic E-state index is 10.6. The third-order valence-corrected chi connectivity index (χ3v) is 2.01. The minimum Gasteiger partial charge on any atom is -0.360 e. The Morgan fingerprint density at radius 3 is 3.00 bits per heavy atom. The molecule has 0 unspecified atom stereocenters. The van der Waals surface area contributed by atoms with Crippen LogP contribution < -0.4 is 0 Å². The van der Waals surface area contributed by atoms with Gasteiger partial charge in [0.25, 0.3) is 0 Å². The molecule has 1 N–H and O–H groups in total. The molecule has 0 saturated heterocycles. The molecule has 1 heterocycles. The van der Waals surface area contributed by atoms with Crippen molar-refractivity contribution in [2.45, 2.75) is 0 Å². The van der Waals surface area contributed by atoms with Gasteiger partial charge >= 0.3 is 0 Å². The normalized spacial score (nSPS) is 9.77. The summed E-state index contributed by atoms with van der Waals surface area (Å²) in [5.41, 5.74) is 2.36. The van der Waals surface area contributed by atoms with Gasteiger partial charge in [-0.05, 0) is 18.2 Å². The summed E-state index contributed by atoms with van der Waals surface area (Å²) in [6.07, 6.45) is 7.75. The fourth-order valence-electron chi connectivity index (χ4n) is 1.33. The van der Waals surface area contributed by atoms with Crippen LogP contribution in [0.1, 0.15) is 15.9 Å². The number of benzene rings is 1. The highest BCUT2D eigenvalue weighted by Crippen LogP contribution is 2.17. The summed E-state index contributed by atoms with van der Waals surface area (Å²) in [6.45, 7) is 0. The molecule has 1 aromatic carbocycles. The largest absolute Gasteiger partial charge is 0.360 e. The lowest BCUT2D eigenvalue weighted by Gasteiger charge is -1.92. The minimum atomic E-state index is 0.645. The van der Waals surface area contributed by atoms with Crippen LogP contribution in [0.15, 0.2) is 24.4 Å². The molecule has 2 nitrogen and oxygen atoms in total. The van der Waals surface area contributed by atoms with Crippen molar-refractivity contribution in [2.75, 3.05) is 0 Å². The van der Waals surface area contributed by atoms with Crippen molar-refractivity contribution in [1.82, 2.24) is 4.98 Å². The molecule has 0 fully saturated rings. The van der Waals surface area contributed by atoms with Gasteiger partial charge in [0, 0.05) is 28.2 Å². The second-order valence-electron chi connectivity index (χ2n) is 2.77. The first-order valence-corrected chi connectivity index (χ1v) is 3.88. The summed E-state index contributed by atoms with van der Waals surface area (Å²) in [6, 6.07) is 5.54. The number of fused-ring (bicyclic) bond motifs is 1. The summed E-state index contributed by atoms with van der Waals surface area (Å²) in [4.78, 5) is 13.6.